The van der Waals surface area contributed by atoms with E-state index in [-0.39, 0.29) is 11.7 Å². The third-order valence-corrected chi connectivity index (χ3v) is 2.58. The Balaban J connectivity index is 2.41. The molecule has 0 saturated heterocycles. The maximum atomic E-state index is 12.0. The molecule has 2 rings (SSSR count). The van der Waals surface area contributed by atoms with Crippen molar-refractivity contribution in [1.82, 2.24) is 4.98 Å². The molecule has 0 aliphatic carbocycles. The highest BCUT2D eigenvalue weighted by Crippen LogP contribution is 2.39. The molecule has 0 saturated carbocycles. The Labute approximate surface area is 117 Å². The largest absolute Gasteiger partial charge is 0.490 e. The van der Waals surface area contributed by atoms with Gasteiger partial charge in [-0.2, -0.15) is 4.98 Å². The number of nitrogens with zero attached hydrogens (tertiary/aromatic N) is 1. The standard InChI is InChI=1S/C11H6Cl3NO3/c12-11(13,14)10-15-9(17)8(18-10)7(16)6-4-2-1-3-5-6/h1-5,17H. The van der Waals surface area contributed by atoms with Gasteiger partial charge in [0.1, 0.15) is 0 Å². The third kappa shape index (κ3) is 2.61. The van der Waals surface area contributed by atoms with Gasteiger partial charge < -0.3 is 9.52 Å². The number of ketones is 1. The minimum atomic E-state index is -1.94. The Morgan fingerprint density at radius 3 is 2.33 bits per heavy atom. The lowest BCUT2D eigenvalue weighted by Gasteiger charge is -2.03. The fourth-order valence-electron chi connectivity index (χ4n) is 1.30. The van der Waals surface area contributed by atoms with Crippen LogP contribution in [0.2, 0.25) is 0 Å². The quantitative estimate of drug-likeness (QED) is 0.682. The second-order valence-corrected chi connectivity index (χ2v) is 5.65. The van der Waals surface area contributed by atoms with E-state index in [0.717, 1.165) is 0 Å². The number of halogens is 3. The summed E-state index contributed by atoms with van der Waals surface area (Å²) in [6.45, 7) is 0. The van der Waals surface area contributed by atoms with Crippen molar-refractivity contribution in [3.63, 3.8) is 0 Å². The second-order valence-electron chi connectivity index (χ2n) is 3.36. The van der Waals surface area contributed by atoms with Crippen molar-refractivity contribution in [3.8, 4) is 5.88 Å². The molecule has 18 heavy (non-hydrogen) atoms. The molecule has 94 valence electrons. The number of carbonyl (C=O) groups excluding carboxylic acids is 1. The highest BCUT2D eigenvalue weighted by molar-refractivity contribution is 6.66. The Morgan fingerprint density at radius 2 is 1.83 bits per heavy atom. The van der Waals surface area contributed by atoms with Gasteiger partial charge in [0.25, 0.3) is 15.6 Å². The van der Waals surface area contributed by atoms with Crippen molar-refractivity contribution >= 4 is 40.6 Å². The van der Waals surface area contributed by atoms with E-state index in [1.165, 1.54) is 0 Å². The van der Waals surface area contributed by atoms with Gasteiger partial charge in [-0.3, -0.25) is 4.79 Å². The van der Waals surface area contributed by atoms with Crippen molar-refractivity contribution in [2.45, 2.75) is 3.79 Å². The molecule has 2 aromatic rings. The number of carbonyl (C=O) groups is 1. The van der Waals surface area contributed by atoms with E-state index < -0.39 is 15.5 Å². The third-order valence-electron chi connectivity index (χ3n) is 2.09. The molecule has 0 aliphatic heterocycles. The summed E-state index contributed by atoms with van der Waals surface area (Å²) in [6, 6.07) is 8.25. The predicted octanol–water partition coefficient (Wildman–Crippen LogP) is 3.44. The van der Waals surface area contributed by atoms with Crippen molar-refractivity contribution in [2.24, 2.45) is 0 Å². The lowest BCUT2D eigenvalue weighted by molar-refractivity contribution is 0.100. The molecule has 1 N–H and O–H groups in total. The molecule has 0 fully saturated rings. The van der Waals surface area contributed by atoms with Crippen LogP contribution in [0.25, 0.3) is 0 Å². The fourth-order valence-corrected chi connectivity index (χ4v) is 1.54. The van der Waals surface area contributed by atoms with Crippen LogP contribution in [0.4, 0.5) is 0 Å². The second kappa shape index (κ2) is 4.80. The molecule has 0 atom stereocenters. The zero-order chi connectivity index (χ0) is 13.3. The van der Waals surface area contributed by atoms with Crippen LogP contribution in [0.15, 0.2) is 34.7 Å². The van der Waals surface area contributed by atoms with Crippen LogP contribution in [0, 0.1) is 0 Å². The minimum Gasteiger partial charge on any atom is -0.490 e. The first-order chi connectivity index (χ1) is 8.39. The summed E-state index contributed by atoms with van der Waals surface area (Å²) in [5, 5.41) is 9.52. The van der Waals surface area contributed by atoms with Gasteiger partial charge in [0.2, 0.25) is 11.5 Å². The van der Waals surface area contributed by atoms with Crippen molar-refractivity contribution < 1.29 is 14.3 Å². The molecule has 0 amide bonds. The number of rotatable bonds is 2. The number of aromatic hydroxyl groups is 1. The van der Waals surface area contributed by atoms with Crippen LogP contribution in [0.5, 0.6) is 5.88 Å². The molecule has 0 bridgehead atoms. The lowest BCUT2D eigenvalue weighted by atomic mass is 10.1. The molecule has 1 aromatic carbocycles. The van der Waals surface area contributed by atoms with Gasteiger partial charge >= 0.3 is 0 Å². The highest BCUT2D eigenvalue weighted by atomic mass is 35.6. The number of hydrogen-bond donors (Lipinski definition) is 1. The topological polar surface area (TPSA) is 63.3 Å². The maximum Gasteiger partial charge on any atom is 0.267 e. The average Bonchev–Trinajstić information content (AvgIpc) is 2.71. The molecule has 0 spiro atoms. The van der Waals surface area contributed by atoms with E-state index in [1.807, 2.05) is 0 Å². The van der Waals surface area contributed by atoms with E-state index in [9.17, 15) is 9.90 Å². The number of hydrogen-bond acceptors (Lipinski definition) is 4. The minimum absolute atomic E-state index is 0.333. The summed E-state index contributed by atoms with van der Waals surface area (Å²) in [6.07, 6.45) is 0. The Morgan fingerprint density at radius 1 is 1.22 bits per heavy atom. The molecular formula is C11H6Cl3NO3. The SMILES string of the molecule is O=C(c1ccccc1)c1oc(C(Cl)(Cl)Cl)nc1O. The summed E-state index contributed by atoms with van der Waals surface area (Å²) in [5.41, 5.74) is 0.333. The Hall–Kier alpha value is -1.23. The molecule has 7 heteroatoms. The first-order valence-corrected chi connectivity index (χ1v) is 5.89. The van der Waals surface area contributed by atoms with Gasteiger partial charge in [-0.25, -0.2) is 0 Å². The van der Waals surface area contributed by atoms with E-state index in [4.69, 9.17) is 39.2 Å². The summed E-state index contributed by atoms with van der Waals surface area (Å²) in [4.78, 5) is 15.5. The normalized spacial score (nSPS) is 11.5. The van der Waals surface area contributed by atoms with E-state index in [1.54, 1.807) is 30.3 Å². The first kappa shape index (κ1) is 13.2. The van der Waals surface area contributed by atoms with E-state index in [0.29, 0.717) is 5.56 Å². The smallest absolute Gasteiger partial charge is 0.267 e. The molecule has 1 heterocycles. The zero-order valence-corrected chi connectivity index (χ0v) is 11.0. The number of alkyl halides is 3. The van der Waals surface area contributed by atoms with Crippen molar-refractivity contribution in [3.05, 3.63) is 47.5 Å². The van der Waals surface area contributed by atoms with Crippen LogP contribution < -0.4 is 0 Å². The van der Waals surface area contributed by atoms with Crippen LogP contribution in [-0.2, 0) is 3.79 Å². The maximum absolute atomic E-state index is 12.0. The molecule has 0 aliphatic rings. The Kier molecular flexibility index (Phi) is 3.52. The van der Waals surface area contributed by atoms with Gasteiger partial charge in [-0.05, 0) is 0 Å². The summed E-state index contributed by atoms with van der Waals surface area (Å²) < 4.78 is 3.05. The number of oxazole rings is 1. The lowest BCUT2D eigenvalue weighted by Crippen LogP contribution is -2.01. The van der Waals surface area contributed by atoms with Crippen LogP contribution in [0.3, 0.4) is 0 Å². The van der Waals surface area contributed by atoms with Crippen LogP contribution >= 0.6 is 34.8 Å². The van der Waals surface area contributed by atoms with Crippen molar-refractivity contribution in [1.29, 1.82) is 0 Å². The van der Waals surface area contributed by atoms with Crippen molar-refractivity contribution in [2.75, 3.05) is 0 Å². The first-order valence-electron chi connectivity index (χ1n) is 4.76. The zero-order valence-electron chi connectivity index (χ0n) is 8.73. The summed E-state index contributed by atoms with van der Waals surface area (Å²) in [5.74, 6) is -1.86. The van der Waals surface area contributed by atoms with Gasteiger partial charge in [0.05, 0.1) is 0 Å². The van der Waals surface area contributed by atoms with Crippen LogP contribution in [0.1, 0.15) is 22.0 Å². The Bertz CT molecular complexity index is 575. The predicted molar refractivity (Wildman–Crippen MR) is 67.3 cm³/mol. The molecular weight excluding hydrogens is 300 g/mol. The fraction of sp³-hybridized carbons (Fsp3) is 0.0909. The summed E-state index contributed by atoms with van der Waals surface area (Å²) >= 11 is 16.6. The van der Waals surface area contributed by atoms with Gasteiger partial charge in [0, 0.05) is 5.56 Å². The summed E-state index contributed by atoms with van der Waals surface area (Å²) in [7, 11) is 0. The monoisotopic (exact) mass is 305 g/mol. The molecule has 0 unspecified atom stereocenters. The van der Waals surface area contributed by atoms with E-state index >= 15 is 0 Å². The van der Waals surface area contributed by atoms with Gasteiger partial charge in [-0.15, -0.1) is 0 Å². The number of benzene rings is 1. The van der Waals surface area contributed by atoms with Gasteiger partial charge in [-0.1, -0.05) is 65.1 Å². The van der Waals surface area contributed by atoms with Gasteiger partial charge in [0.15, 0.2) is 0 Å². The molecule has 4 nitrogen and oxygen atoms in total. The molecule has 0 radical (unpaired) electrons. The molecule has 1 aromatic heterocycles. The highest BCUT2D eigenvalue weighted by Gasteiger charge is 2.33. The average molecular weight is 307 g/mol. The van der Waals surface area contributed by atoms with E-state index in [2.05, 4.69) is 4.98 Å². The van der Waals surface area contributed by atoms with Crippen LogP contribution in [-0.4, -0.2) is 15.9 Å². The number of aromatic nitrogens is 1.